The van der Waals surface area contributed by atoms with Crippen molar-refractivity contribution in [1.29, 1.82) is 0 Å². The summed E-state index contributed by atoms with van der Waals surface area (Å²) in [5, 5.41) is 0. The third-order valence-electron chi connectivity index (χ3n) is 5.28. The zero-order valence-corrected chi connectivity index (χ0v) is 15.6. The minimum Gasteiger partial charge on any atom is -0.316 e. The zero-order chi connectivity index (χ0) is 18.8. The number of rotatable bonds is 4. The minimum absolute atomic E-state index is 0.900. The standard InChI is InChI=1S/C27H21N/c1-4-12-21(13-5-1)20-24-26(22-14-6-2-7-15-22)25-18-10-11-19-28(25)27(24)23-16-8-3-9-17-23/h1-19H,20H2. The lowest BCUT2D eigenvalue weighted by Crippen LogP contribution is -1.94. The average molecular weight is 359 g/mol. The molecule has 0 amide bonds. The lowest BCUT2D eigenvalue weighted by molar-refractivity contribution is 1.15. The van der Waals surface area contributed by atoms with E-state index in [1.807, 2.05) is 0 Å². The van der Waals surface area contributed by atoms with Gasteiger partial charge in [-0.2, -0.15) is 0 Å². The second-order valence-corrected chi connectivity index (χ2v) is 7.05. The molecule has 1 nitrogen and oxygen atoms in total. The summed E-state index contributed by atoms with van der Waals surface area (Å²) >= 11 is 0. The van der Waals surface area contributed by atoms with Crippen molar-refractivity contribution in [3.05, 3.63) is 127 Å². The summed E-state index contributed by atoms with van der Waals surface area (Å²) in [7, 11) is 0. The van der Waals surface area contributed by atoms with E-state index in [1.54, 1.807) is 0 Å². The van der Waals surface area contributed by atoms with E-state index in [-0.39, 0.29) is 0 Å². The molecule has 28 heavy (non-hydrogen) atoms. The van der Waals surface area contributed by atoms with Crippen LogP contribution in [0.1, 0.15) is 11.1 Å². The van der Waals surface area contributed by atoms with Crippen LogP contribution in [0.3, 0.4) is 0 Å². The summed E-state index contributed by atoms with van der Waals surface area (Å²) in [5.41, 5.74) is 9.06. The number of hydrogen-bond acceptors (Lipinski definition) is 0. The molecule has 5 rings (SSSR count). The fourth-order valence-electron chi connectivity index (χ4n) is 4.07. The predicted molar refractivity (Wildman–Crippen MR) is 118 cm³/mol. The first-order valence-electron chi connectivity index (χ1n) is 9.68. The van der Waals surface area contributed by atoms with Crippen molar-refractivity contribution in [2.24, 2.45) is 0 Å². The Morgan fingerprint density at radius 1 is 0.536 bits per heavy atom. The van der Waals surface area contributed by atoms with Crippen molar-refractivity contribution >= 4 is 5.52 Å². The molecule has 0 aliphatic heterocycles. The molecule has 0 radical (unpaired) electrons. The van der Waals surface area contributed by atoms with Gasteiger partial charge in [0, 0.05) is 18.2 Å². The molecular weight excluding hydrogens is 338 g/mol. The van der Waals surface area contributed by atoms with Crippen LogP contribution >= 0.6 is 0 Å². The maximum absolute atomic E-state index is 2.34. The third-order valence-corrected chi connectivity index (χ3v) is 5.28. The molecule has 0 unspecified atom stereocenters. The van der Waals surface area contributed by atoms with Gasteiger partial charge in [-0.25, -0.2) is 0 Å². The smallest absolute Gasteiger partial charge is 0.0570 e. The van der Waals surface area contributed by atoms with E-state index >= 15 is 0 Å². The summed E-state index contributed by atoms with van der Waals surface area (Å²) in [6, 6.07) is 38.7. The molecule has 3 aromatic carbocycles. The predicted octanol–water partition coefficient (Wildman–Crippen LogP) is 6.86. The molecule has 0 aliphatic carbocycles. The Labute approximate surface area is 165 Å². The van der Waals surface area contributed by atoms with Crippen LogP contribution in [0.2, 0.25) is 0 Å². The van der Waals surface area contributed by atoms with Gasteiger partial charge >= 0.3 is 0 Å². The maximum Gasteiger partial charge on any atom is 0.0570 e. The Bertz CT molecular complexity index is 1130. The fourth-order valence-corrected chi connectivity index (χ4v) is 4.07. The second kappa shape index (κ2) is 7.21. The topological polar surface area (TPSA) is 4.41 Å². The molecule has 0 atom stereocenters. The highest BCUT2D eigenvalue weighted by Crippen LogP contribution is 2.39. The van der Waals surface area contributed by atoms with Gasteiger partial charge in [-0.3, -0.25) is 0 Å². The summed E-state index contributed by atoms with van der Waals surface area (Å²) in [4.78, 5) is 0. The van der Waals surface area contributed by atoms with Crippen molar-refractivity contribution in [2.45, 2.75) is 6.42 Å². The number of nitrogens with zero attached hydrogens (tertiary/aromatic N) is 1. The molecule has 2 aromatic heterocycles. The van der Waals surface area contributed by atoms with E-state index in [0.717, 1.165) is 6.42 Å². The molecule has 2 heterocycles. The van der Waals surface area contributed by atoms with Gasteiger partial charge in [-0.15, -0.1) is 0 Å². The van der Waals surface area contributed by atoms with Crippen molar-refractivity contribution in [3.63, 3.8) is 0 Å². The Hall–Kier alpha value is -3.58. The number of hydrogen-bond donors (Lipinski definition) is 0. The molecule has 134 valence electrons. The highest BCUT2D eigenvalue weighted by molar-refractivity contribution is 5.91. The monoisotopic (exact) mass is 359 g/mol. The Morgan fingerprint density at radius 3 is 1.79 bits per heavy atom. The molecule has 5 aromatic rings. The first-order valence-corrected chi connectivity index (χ1v) is 9.68. The lowest BCUT2D eigenvalue weighted by Gasteiger charge is -2.09. The first kappa shape index (κ1) is 16.6. The van der Waals surface area contributed by atoms with Gasteiger partial charge in [-0.05, 0) is 34.4 Å². The van der Waals surface area contributed by atoms with Crippen LogP contribution in [-0.4, -0.2) is 4.40 Å². The van der Waals surface area contributed by atoms with Crippen molar-refractivity contribution < 1.29 is 0 Å². The molecule has 1 heteroatoms. The van der Waals surface area contributed by atoms with Gasteiger partial charge < -0.3 is 4.40 Å². The van der Waals surface area contributed by atoms with Crippen molar-refractivity contribution in [2.75, 3.05) is 0 Å². The summed E-state index contributed by atoms with van der Waals surface area (Å²) in [5.74, 6) is 0. The minimum atomic E-state index is 0.900. The number of pyridine rings is 1. The van der Waals surface area contributed by atoms with Crippen molar-refractivity contribution in [1.82, 2.24) is 4.40 Å². The normalized spacial score (nSPS) is 11.0. The molecule has 0 saturated carbocycles. The van der Waals surface area contributed by atoms with E-state index in [1.165, 1.54) is 39.0 Å². The Morgan fingerprint density at radius 2 is 1.11 bits per heavy atom. The van der Waals surface area contributed by atoms with Crippen LogP contribution in [0.5, 0.6) is 0 Å². The molecule has 0 saturated heterocycles. The van der Waals surface area contributed by atoms with Gasteiger partial charge in [0.15, 0.2) is 0 Å². The largest absolute Gasteiger partial charge is 0.316 e. The van der Waals surface area contributed by atoms with E-state index in [9.17, 15) is 0 Å². The number of aromatic nitrogens is 1. The molecule has 0 N–H and O–H groups in total. The molecule has 0 fully saturated rings. The number of fused-ring (bicyclic) bond motifs is 1. The van der Waals surface area contributed by atoms with Gasteiger partial charge in [-0.1, -0.05) is 97.1 Å². The highest BCUT2D eigenvalue weighted by atomic mass is 14.9. The Kier molecular flexibility index (Phi) is 4.27. The van der Waals surface area contributed by atoms with E-state index in [0.29, 0.717) is 0 Å². The van der Waals surface area contributed by atoms with Crippen LogP contribution < -0.4 is 0 Å². The van der Waals surface area contributed by atoms with Gasteiger partial charge in [0.2, 0.25) is 0 Å². The van der Waals surface area contributed by atoms with E-state index in [2.05, 4.69) is 120 Å². The van der Waals surface area contributed by atoms with Crippen LogP contribution in [0.4, 0.5) is 0 Å². The summed E-state index contributed by atoms with van der Waals surface area (Å²) < 4.78 is 2.34. The fraction of sp³-hybridized carbons (Fsp3) is 0.0370. The van der Waals surface area contributed by atoms with Gasteiger partial charge in [0.05, 0.1) is 11.2 Å². The van der Waals surface area contributed by atoms with Crippen LogP contribution in [0.15, 0.2) is 115 Å². The van der Waals surface area contributed by atoms with Crippen LogP contribution in [0, 0.1) is 0 Å². The number of benzene rings is 3. The molecule has 0 aliphatic rings. The van der Waals surface area contributed by atoms with Crippen molar-refractivity contribution in [3.8, 4) is 22.4 Å². The summed E-state index contributed by atoms with van der Waals surface area (Å²) in [6.45, 7) is 0. The van der Waals surface area contributed by atoms with E-state index < -0.39 is 0 Å². The first-order chi connectivity index (χ1) is 13.9. The Balaban J connectivity index is 1.85. The molecular formula is C27H21N. The molecule has 0 bridgehead atoms. The maximum atomic E-state index is 2.34. The van der Waals surface area contributed by atoms with Gasteiger partial charge in [0.25, 0.3) is 0 Å². The summed E-state index contributed by atoms with van der Waals surface area (Å²) in [6.07, 6.45) is 3.08. The SMILES string of the molecule is c1ccc(Cc2c(-c3ccccc3)c3ccccn3c2-c2ccccc2)cc1. The zero-order valence-electron chi connectivity index (χ0n) is 15.6. The van der Waals surface area contributed by atoms with E-state index in [4.69, 9.17) is 0 Å². The lowest BCUT2D eigenvalue weighted by atomic mass is 9.94. The van der Waals surface area contributed by atoms with Crippen LogP contribution in [-0.2, 0) is 6.42 Å². The molecule has 0 spiro atoms. The highest BCUT2D eigenvalue weighted by Gasteiger charge is 2.20. The third kappa shape index (κ3) is 2.91. The average Bonchev–Trinajstić information content (AvgIpc) is 3.09. The van der Waals surface area contributed by atoms with Gasteiger partial charge in [0.1, 0.15) is 0 Å². The quantitative estimate of drug-likeness (QED) is 0.330. The van der Waals surface area contributed by atoms with Crippen LogP contribution in [0.25, 0.3) is 27.9 Å². The second-order valence-electron chi connectivity index (χ2n) is 7.05.